The Hall–Kier alpha value is -1.45. The van der Waals surface area contributed by atoms with Gasteiger partial charge in [0.1, 0.15) is 0 Å². The van der Waals surface area contributed by atoms with Crippen LogP contribution < -0.4 is 0 Å². The first-order valence-corrected chi connectivity index (χ1v) is 7.57. The van der Waals surface area contributed by atoms with Gasteiger partial charge in [0.2, 0.25) is 0 Å². The summed E-state index contributed by atoms with van der Waals surface area (Å²) in [6.45, 7) is 0. The molecule has 0 aliphatic rings. The first-order chi connectivity index (χ1) is 10.1. The van der Waals surface area contributed by atoms with Crippen molar-refractivity contribution in [2.24, 2.45) is 0 Å². The number of rotatable bonds is 2. The van der Waals surface area contributed by atoms with Crippen LogP contribution in [0.5, 0.6) is 0 Å². The van der Waals surface area contributed by atoms with E-state index < -0.39 is 17.0 Å². The van der Waals surface area contributed by atoms with Gasteiger partial charge in [0.05, 0.1) is 5.38 Å². The summed E-state index contributed by atoms with van der Waals surface area (Å²) in [5, 5.41) is 1.15. The van der Waals surface area contributed by atoms with Crippen LogP contribution in [-0.2, 0) is 0 Å². The predicted molar refractivity (Wildman–Crippen MR) is 85.7 cm³/mol. The molecule has 0 spiro atoms. The predicted octanol–water partition coefficient (Wildman–Crippen LogP) is 6.21. The SMILES string of the molecule is Fc1cccc(C(Cl)c2ccc(Br)c3ccccc23)c1F. The Balaban J connectivity index is 2.21. The van der Waals surface area contributed by atoms with Crippen molar-refractivity contribution in [3.05, 3.63) is 81.8 Å². The van der Waals surface area contributed by atoms with Crippen molar-refractivity contribution in [2.75, 3.05) is 0 Å². The van der Waals surface area contributed by atoms with Crippen LogP contribution >= 0.6 is 27.5 Å². The van der Waals surface area contributed by atoms with Crippen LogP contribution in [-0.4, -0.2) is 0 Å². The number of hydrogen-bond donors (Lipinski definition) is 0. The molecule has 0 aliphatic carbocycles. The summed E-state index contributed by atoms with van der Waals surface area (Å²) in [4.78, 5) is 0. The topological polar surface area (TPSA) is 0 Å². The van der Waals surface area contributed by atoms with Gasteiger partial charge in [-0.2, -0.15) is 0 Å². The van der Waals surface area contributed by atoms with Crippen molar-refractivity contribution >= 4 is 38.3 Å². The van der Waals surface area contributed by atoms with E-state index in [0.717, 1.165) is 26.9 Å². The van der Waals surface area contributed by atoms with Crippen LogP contribution in [0.15, 0.2) is 59.1 Å². The second-order valence-corrected chi connectivity index (χ2v) is 5.98. The second-order valence-electron chi connectivity index (χ2n) is 4.69. The maximum absolute atomic E-state index is 13.9. The average molecular weight is 368 g/mol. The van der Waals surface area contributed by atoms with E-state index in [1.54, 1.807) is 0 Å². The van der Waals surface area contributed by atoms with Gasteiger partial charge in [0.25, 0.3) is 0 Å². The number of hydrogen-bond acceptors (Lipinski definition) is 0. The van der Waals surface area contributed by atoms with Crippen LogP contribution in [0.1, 0.15) is 16.5 Å². The highest BCUT2D eigenvalue weighted by Gasteiger charge is 2.20. The molecule has 0 aromatic heterocycles. The van der Waals surface area contributed by atoms with E-state index in [2.05, 4.69) is 15.9 Å². The summed E-state index contributed by atoms with van der Waals surface area (Å²) < 4.78 is 28.3. The zero-order valence-electron chi connectivity index (χ0n) is 10.8. The Kier molecular flexibility index (Phi) is 3.96. The number of benzene rings is 3. The Labute approximate surface area is 134 Å². The van der Waals surface area contributed by atoms with E-state index in [0.29, 0.717) is 0 Å². The van der Waals surface area contributed by atoms with E-state index in [1.165, 1.54) is 12.1 Å². The van der Waals surface area contributed by atoms with Gasteiger partial charge in [-0.15, -0.1) is 11.6 Å². The second kappa shape index (κ2) is 5.74. The van der Waals surface area contributed by atoms with Crippen LogP contribution in [0, 0.1) is 11.6 Å². The lowest BCUT2D eigenvalue weighted by Gasteiger charge is -2.15. The fourth-order valence-corrected chi connectivity index (χ4v) is 3.23. The van der Waals surface area contributed by atoms with Gasteiger partial charge >= 0.3 is 0 Å². The Morgan fingerprint density at radius 3 is 2.29 bits per heavy atom. The molecule has 0 fully saturated rings. The smallest absolute Gasteiger partial charge is 0.163 e. The van der Waals surface area contributed by atoms with Crippen molar-refractivity contribution in [1.82, 2.24) is 0 Å². The minimum atomic E-state index is -0.899. The fraction of sp³-hybridized carbons (Fsp3) is 0.0588. The Morgan fingerprint density at radius 1 is 0.810 bits per heavy atom. The van der Waals surface area contributed by atoms with Crippen molar-refractivity contribution < 1.29 is 8.78 Å². The number of alkyl halides is 1. The molecule has 0 saturated carbocycles. The summed E-state index contributed by atoms with van der Waals surface area (Å²) in [7, 11) is 0. The van der Waals surface area contributed by atoms with Crippen molar-refractivity contribution in [3.63, 3.8) is 0 Å². The van der Waals surface area contributed by atoms with E-state index >= 15 is 0 Å². The molecule has 0 nitrogen and oxygen atoms in total. The molecule has 21 heavy (non-hydrogen) atoms. The largest absolute Gasteiger partial charge is 0.204 e. The quantitative estimate of drug-likeness (QED) is 0.472. The fourth-order valence-electron chi connectivity index (χ4n) is 2.39. The third-order valence-corrected chi connectivity index (χ3v) is 4.59. The highest BCUT2D eigenvalue weighted by atomic mass is 79.9. The standard InChI is InChI=1S/C17H10BrClF2/c18-14-9-8-12(10-4-1-2-5-11(10)14)16(19)13-6-3-7-15(20)17(13)21/h1-9,16H. The molecule has 0 heterocycles. The lowest BCUT2D eigenvalue weighted by molar-refractivity contribution is 0.500. The van der Waals surface area contributed by atoms with E-state index in [-0.39, 0.29) is 5.56 Å². The summed E-state index contributed by atoms with van der Waals surface area (Å²) in [5.41, 5.74) is 0.893. The molecular weight excluding hydrogens is 358 g/mol. The van der Waals surface area contributed by atoms with Gasteiger partial charge < -0.3 is 0 Å². The molecule has 0 radical (unpaired) electrons. The lowest BCUT2D eigenvalue weighted by Crippen LogP contribution is -2.00. The molecule has 0 amide bonds. The van der Waals surface area contributed by atoms with Crippen molar-refractivity contribution in [3.8, 4) is 0 Å². The minimum Gasteiger partial charge on any atom is -0.204 e. The lowest BCUT2D eigenvalue weighted by atomic mass is 9.97. The summed E-state index contributed by atoms with van der Waals surface area (Å²) in [6.07, 6.45) is 0. The van der Waals surface area contributed by atoms with Gasteiger partial charge in [0.15, 0.2) is 11.6 Å². The molecule has 0 N–H and O–H groups in total. The molecule has 3 aromatic carbocycles. The summed E-state index contributed by atoms with van der Waals surface area (Å²) in [5.74, 6) is -1.79. The molecule has 4 heteroatoms. The molecule has 3 rings (SSSR count). The Bertz CT molecular complexity index is 817. The molecule has 0 saturated heterocycles. The maximum atomic E-state index is 13.9. The third-order valence-electron chi connectivity index (χ3n) is 3.43. The van der Waals surface area contributed by atoms with Crippen LogP contribution in [0.4, 0.5) is 8.78 Å². The minimum absolute atomic E-state index is 0.143. The van der Waals surface area contributed by atoms with Crippen molar-refractivity contribution in [1.29, 1.82) is 0 Å². The van der Waals surface area contributed by atoms with Crippen LogP contribution in [0.3, 0.4) is 0 Å². The van der Waals surface area contributed by atoms with Gasteiger partial charge in [0, 0.05) is 10.0 Å². The highest BCUT2D eigenvalue weighted by molar-refractivity contribution is 9.10. The maximum Gasteiger partial charge on any atom is 0.163 e. The highest BCUT2D eigenvalue weighted by Crippen LogP contribution is 2.37. The normalized spacial score (nSPS) is 12.6. The first-order valence-electron chi connectivity index (χ1n) is 6.34. The van der Waals surface area contributed by atoms with Gasteiger partial charge in [-0.05, 0) is 28.5 Å². The summed E-state index contributed by atoms with van der Waals surface area (Å²) in [6, 6.07) is 15.4. The molecule has 0 aliphatic heterocycles. The molecule has 106 valence electrons. The molecule has 1 unspecified atom stereocenters. The van der Waals surface area contributed by atoms with Gasteiger partial charge in [-0.1, -0.05) is 58.4 Å². The number of fused-ring (bicyclic) bond motifs is 1. The van der Waals surface area contributed by atoms with E-state index in [9.17, 15) is 8.78 Å². The van der Waals surface area contributed by atoms with Gasteiger partial charge in [-0.25, -0.2) is 8.78 Å². The molecule has 3 aromatic rings. The summed E-state index contributed by atoms with van der Waals surface area (Å²) >= 11 is 9.90. The monoisotopic (exact) mass is 366 g/mol. The van der Waals surface area contributed by atoms with Gasteiger partial charge in [-0.3, -0.25) is 0 Å². The molecular formula is C17H10BrClF2. The van der Waals surface area contributed by atoms with Crippen LogP contribution in [0.2, 0.25) is 0 Å². The number of halogens is 4. The van der Waals surface area contributed by atoms with E-state index in [1.807, 2.05) is 36.4 Å². The molecule has 0 bridgehead atoms. The third kappa shape index (κ3) is 2.56. The van der Waals surface area contributed by atoms with Crippen molar-refractivity contribution in [2.45, 2.75) is 5.38 Å². The zero-order valence-corrected chi connectivity index (χ0v) is 13.1. The Morgan fingerprint density at radius 2 is 1.52 bits per heavy atom. The zero-order chi connectivity index (χ0) is 15.0. The van der Waals surface area contributed by atoms with E-state index in [4.69, 9.17) is 11.6 Å². The molecule has 1 atom stereocenters. The first kappa shape index (κ1) is 14.5. The van der Waals surface area contributed by atoms with Crippen LogP contribution in [0.25, 0.3) is 10.8 Å². The average Bonchev–Trinajstić information content (AvgIpc) is 2.50.